The molecule has 0 atom stereocenters. The van der Waals surface area contributed by atoms with Crippen LogP contribution >= 0.6 is 27.5 Å². The molecular weight excluding hydrogens is 219 g/mol. The van der Waals surface area contributed by atoms with Crippen LogP contribution in [0, 0.1) is 0 Å². The molecular formula is C5H4BrClN2O. The number of nitrogens with zero attached hydrogens (tertiary/aromatic N) is 1. The first-order chi connectivity index (χ1) is 4.63. The molecule has 0 fully saturated rings. The molecule has 0 aliphatic heterocycles. The monoisotopic (exact) mass is 222 g/mol. The molecule has 0 saturated heterocycles. The van der Waals surface area contributed by atoms with Crippen molar-refractivity contribution in [2.24, 2.45) is 0 Å². The van der Waals surface area contributed by atoms with Crippen molar-refractivity contribution >= 4 is 33.3 Å². The zero-order valence-electron chi connectivity index (χ0n) is 4.81. The highest BCUT2D eigenvalue weighted by Crippen LogP contribution is 2.33. The molecule has 3 nitrogen and oxygen atoms in total. The number of aromatic hydroxyl groups is 1. The van der Waals surface area contributed by atoms with Gasteiger partial charge >= 0.3 is 0 Å². The summed E-state index contributed by atoms with van der Waals surface area (Å²) in [7, 11) is 0. The van der Waals surface area contributed by atoms with Crippen LogP contribution in [-0.2, 0) is 0 Å². The van der Waals surface area contributed by atoms with Gasteiger partial charge in [-0.15, -0.1) is 0 Å². The van der Waals surface area contributed by atoms with Gasteiger partial charge < -0.3 is 10.8 Å². The maximum atomic E-state index is 9.04. The third kappa shape index (κ3) is 1.17. The van der Waals surface area contributed by atoms with Crippen LogP contribution < -0.4 is 5.73 Å². The summed E-state index contributed by atoms with van der Waals surface area (Å²) in [5, 5.41) is 9.23. The van der Waals surface area contributed by atoms with E-state index < -0.39 is 0 Å². The first-order valence-electron chi connectivity index (χ1n) is 2.41. The Hall–Kier alpha value is -0.480. The Morgan fingerprint density at radius 1 is 1.70 bits per heavy atom. The molecule has 10 heavy (non-hydrogen) atoms. The molecule has 0 aromatic carbocycles. The molecule has 0 spiro atoms. The van der Waals surface area contributed by atoms with Crippen LogP contribution in [0.1, 0.15) is 0 Å². The molecule has 1 rings (SSSR count). The maximum Gasteiger partial charge on any atom is 0.178 e. The van der Waals surface area contributed by atoms with Gasteiger partial charge in [-0.25, -0.2) is 4.98 Å². The Kier molecular flexibility index (Phi) is 2.01. The van der Waals surface area contributed by atoms with Crippen molar-refractivity contribution in [3.8, 4) is 5.75 Å². The summed E-state index contributed by atoms with van der Waals surface area (Å²) in [6.45, 7) is 0. The van der Waals surface area contributed by atoms with Crippen LogP contribution in [0.15, 0.2) is 10.7 Å². The number of nitrogen functional groups attached to an aromatic ring is 1. The van der Waals surface area contributed by atoms with Crippen molar-refractivity contribution in [1.82, 2.24) is 4.98 Å². The van der Waals surface area contributed by atoms with Crippen molar-refractivity contribution in [3.63, 3.8) is 0 Å². The molecule has 1 aromatic rings. The molecule has 1 aromatic heterocycles. The Labute approximate surface area is 71.0 Å². The molecule has 0 saturated carbocycles. The topological polar surface area (TPSA) is 59.1 Å². The van der Waals surface area contributed by atoms with E-state index in [1.807, 2.05) is 0 Å². The lowest BCUT2D eigenvalue weighted by Crippen LogP contribution is -1.90. The highest BCUT2D eigenvalue weighted by atomic mass is 79.9. The van der Waals surface area contributed by atoms with Crippen LogP contribution in [0.4, 0.5) is 5.82 Å². The van der Waals surface area contributed by atoms with Gasteiger partial charge in [-0.3, -0.25) is 0 Å². The normalized spacial score (nSPS) is 9.80. The molecule has 1 heterocycles. The van der Waals surface area contributed by atoms with E-state index in [9.17, 15) is 0 Å². The third-order valence-electron chi connectivity index (χ3n) is 0.977. The predicted molar refractivity (Wildman–Crippen MR) is 43.0 cm³/mol. The summed E-state index contributed by atoms with van der Waals surface area (Å²) in [4.78, 5) is 3.64. The average molecular weight is 223 g/mol. The van der Waals surface area contributed by atoms with Crippen molar-refractivity contribution in [3.05, 3.63) is 15.7 Å². The molecule has 0 aliphatic rings. The number of hydrogen-bond acceptors (Lipinski definition) is 3. The average Bonchev–Trinajstić information content (AvgIpc) is 1.93. The van der Waals surface area contributed by atoms with Crippen LogP contribution in [0.25, 0.3) is 0 Å². The minimum Gasteiger partial charge on any atom is -0.503 e. The van der Waals surface area contributed by atoms with Gasteiger partial charge in [-0.2, -0.15) is 0 Å². The Morgan fingerprint density at radius 3 is 2.80 bits per heavy atom. The summed E-state index contributed by atoms with van der Waals surface area (Å²) in [5.74, 6) is -0.149. The molecule has 54 valence electrons. The van der Waals surface area contributed by atoms with Gasteiger partial charge in [-0.05, 0) is 15.9 Å². The van der Waals surface area contributed by atoms with Crippen LogP contribution in [-0.4, -0.2) is 10.1 Å². The number of halogens is 2. The second-order valence-corrected chi connectivity index (χ2v) is 2.89. The van der Waals surface area contributed by atoms with E-state index in [1.165, 1.54) is 6.20 Å². The van der Waals surface area contributed by atoms with E-state index >= 15 is 0 Å². The Bertz CT molecular complexity index is 239. The molecule has 0 bridgehead atoms. The summed E-state index contributed by atoms with van der Waals surface area (Å²) >= 11 is 8.64. The summed E-state index contributed by atoms with van der Waals surface area (Å²) in [6.07, 6.45) is 1.43. The number of anilines is 1. The van der Waals surface area contributed by atoms with E-state index in [2.05, 4.69) is 20.9 Å². The van der Waals surface area contributed by atoms with Gasteiger partial charge in [0.15, 0.2) is 11.6 Å². The highest BCUT2D eigenvalue weighted by molar-refractivity contribution is 9.10. The number of aromatic nitrogens is 1. The second kappa shape index (κ2) is 2.64. The number of rotatable bonds is 0. The van der Waals surface area contributed by atoms with E-state index in [4.69, 9.17) is 22.4 Å². The van der Waals surface area contributed by atoms with E-state index in [0.29, 0.717) is 4.47 Å². The molecule has 0 radical (unpaired) electrons. The smallest absolute Gasteiger partial charge is 0.178 e. The molecule has 0 amide bonds. The largest absolute Gasteiger partial charge is 0.503 e. The lowest BCUT2D eigenvalue weighted by atomic mass is 10.4. The minimum atomic E-state index is -0.184. The highest BCUT2D eigenvalue weighted by Gasteiger charge is 2.06. The SMILES string of the molecule is Nc1ncc(Br)c(Cl)c1O. The van der Waals surface area contributed by atoms with Gasteiger partial charge in [0.2, 0.25) is 0 Å². The first kappa shape index (κ1) is 7.63. The van der Waals surface area contributed by atoms with Gasteiger partial charge in [-0.1, -0.05) is 11.6 Å². The second-order valence-electron chi connectivity index (χ2n) is 1.65. The lowest BCUT2D eigenvalue weighted by Gasteiger charge is -1.99. The van der Waals surface area contributed by atoms with Crippen molar-refractivity contribution in [1.29, 1.82) is 0 Å². The number of pyridine rings is 1. The lowest BCUT2D eigenvalue weighted by molar-refractivity contribution is 0.475. The summed E-state index contributed by atoms with van der Waals surface area (Å²) in [5.41, 5.74) is 5.22. The fourth-order valence-corrected chi connectivity index (χ4v) is 0.905. The Balaban J connectivity index is 3.34. The zero-order chi connectivity index (χ0) is 7.72. The minimum absolute atomic E-state index is 0.0354. The summed E-state index contributed by atoms with van der Waals surface area (Å²) < 4.78 is 0.529. The quantitative estimate of drug-likeness (QED) is 0.705. The Morgan fingerprint density at radius 2 is 2.30 bits per heavy atom. The molecule has 3 N–H and O–H groups in total. The molecule has 0 unspecified atom stereocenters. The fraction of sp³-hybridized carbons (Fsp3) is 0. The molecule has 5 heteroatoms. The predicted octanol–water partition coefficient (Wildman–Crippen LogP) is 1.79. The third-order valence-corrected chi connectivity index (χ3v) is 2.19. The van der Waals surface area contributed by atoms with E-state index in [-0.39, 0.29) is 16.6 Å². The zero-order valence-corrected chi connectivity index (χ0v) is 7.15. The van der Waals surface area contributed by atoms with Gasteiger partial charge in [0.05, 0.1) is 4.47 Å². The van der Waals surface area contributed by atoms with Crippen LogP contribution in [0.3, 0.4) is 0 Å². The van der Waals surface area contributed by atoms with Crippen LogP contribution in [0.2, 0.25) is 5.02 Å². The standard InChI is InChI=1S/C5H4BrClN2O/c6-2-1-9-5(8)4(10)3(2)7/h1,10H,(H2,8,9). The van der Waals surface area contributed by atoms with Gasteiger partial charge in [0.1, 0.15) is 5.02 Å². The summed E-state index contributed by atoms with van der Waals surface area (Å²) in [6, 6.07) is 0. The maximum absolute atomic E-state index is 9.04. The molecule has 0 aliphatic carbocycles. The first-order valence-corrected chi connectivity index (χ1v) is 3.58. The fourth-order valence-electron chi connectivity index (χ4n) is 0.470. The number of hydrogen-bond donors (Lipinski definition) is 2. The van der Waals surface area contributed by atoms with Crippen molar-refractivity contribution in [2.45, 2.75) is 0 Å². The van der Waals surface area contributed by atoms with Crippen molar-refractivity contribution < 1.29 is 5.11 Å². The van der Waals surface area contributed by atoms with Crippen molar-refractivity contribution in [2.75, 3.05) is 5.73 Å². The van der Waals surface area contributed by atoms with E-state index in [0.717, 1.165) is 0 Å². The van der Waals surface area contributed by atoms with Crippen LogP contribution in [0.5, 0.6) is 5.75 Å². The van der Waals surface area contributed by atoms with E-state index in [1.54, 1.807) is 0 Å². The van der Waals surface area contributed by atoms with Gasteiger partial charge in [0, 0.05) is 6.20 Å². The van der Waals surface area contributed by atoms with Gasteiger partial charge in [0.25, 0.3) is 0 Å². The number of nitrogens with two attached hydrogens (primary N) is 1.